The predicted octanol–water partition coefficient (Wildman–Crippen LogP) is 1.56. The van der Waals surface area contributed by atoms with Crippen LogP contribution >= 0.6 is 0 Å². The first-order chi connectivity index (χ1) is 8.62. The van der Waals surface area contributed by atoms with Crippen molar-refractivity contribution in [2.24, 2.45) is 7.05 Å². The Morgan fingerprint density at radius 2 is 1.61 bits per heavy atom. The van der Waals surface area contributed by atoms with Gasteiger partial charge in [0.2, 0.25) is 0 Å². The molecule has 0 amide bonds. The average molecular weight is 249 g/mol. The number of fused-ring (bicyclic) bond motifs is 1. The van der Waals surface area contributed by atoms with Crippen molar-refractivity contribution >= 4 is 10.9 Å². The van der Waals surface area contributed by atoms with Crippen LogP contribution in [0.15, 0.2) is 23.0 Å². The van der Waals surface area contributed by atoms with Crippen molar-refractivity contribution in [3.8, 4) is 17.2 Å². The molecule has 0 spiro atoms. The van der Waals surface area contributed by atoms with Crippen molar-refractivity contribution < 1.29 is 14.2 Å². The van der Waals surface area contributed by atoms with Crippen LogP contribution in [-0.2, 0) is 7.05 Å². The fourth-order valence-corrected chi connectivity index (χ4v) is 1.96. The second-order valence-corrected chi connectivity index (χ2v) is 3.84. The number of benzene rings is 1. The summed E-state index contributed by atoms with van der Waals surface area (Å²) >= 11 is 0. The molecule has 0 atom stereocenters. The van der Waals surface area contributed by atoms with E-state index in [0.29, 0.717) is 22.8 Å². The first kappa shape index (κ1) is 12.3. The molecule has 0 radical (unpaired) electrons. The Kier molecular flexibility index (Phi) is 3.14. The van der Waals surface area contributed by atoms with Gasteiger partial charge < -0.3 is 18.8 Å². The SMILES string of the molecule is COc1cc(OC)c2c(c1)c(OC)cc(=O)n2C. The minimum Gasteiger partial charge on any atom is -0.497 e. The van der Waals surface area contributed by atoms with E-state index in [1.54, 1.807) is 27.3 Å². The zero-order valence-corrected chi connectivity index (χ0v) is 10.8. The van der Waals surface area contributed by atoms with Crippen LogP contribution in [0.5, 0.6) is 17.2 Å². The molecule has 0 bridgehead atoms. The van der Waals surface area contributed by atoms with Gasteiger partial charge in [0.15, 0.2) is 0 Å². The largest absolute Gasteiger partial charge is 0.497 e. The Morgan fingerprint density at radius 1 is 0.944 bits per heavy atom. The van der Waals surface area contributed by atoms with Crippen LogP contribution in [0.3, 0.4) is 0 Å². The minimum atomic E-state index is -0.150. The monoisotopic (exact) mass is 249 g/mol. The van der Waals surface area contributed by atoms with Gasteiger partial charge in [0.05, 0.1) is 26.8 Å². The number of aromatic nitrogens is 1. The third-order valence-corrected chi connectivity index (χ3v) is 2.91. The second kappa shape index (κ2) is 4.60. The fourth-order valence-electron chi connectivity index (χ4n) is 1.96. The first-order valence-corrected chi connectivity index (χ1v) is 5.42. The normalized spacial score (nSPS) is 10.4. The summed E-state index contributed by atoms with van der Waals surface area (Å²) in [6.45, 7) is 0. The van der Waals surface area contributed by atoms with E-state index in [1.165, 1.54) is 17.7 Å². The van der Waals surface area contributed by atoms with Gasteiger partial charge in [-0.1, -0.05) is 0 Å². The summed E-state index contributed by atoms with van der Waals surface area (Å²) < 4.78 is 17.3. The van der Waals surface area contributed by atoms with Crippen LogP contribution in [-0.4, -0.2) is 25.9 Å². The maximum Gasteiger partial charge on any atom is 0.254 e. The molecule has 0 fully saturated rings. The van der Waals surface area contributed by atoms with Gasteiger partial charge in [-0.15, -0.1) is 0 Å². The van der Waals surface area contributed by atoms with Crippen molar-refractivity contribution in [2.45, 2.75) is 0 Å². The van der Waals surface area contributed by atoms with E-state index in [0.717, 1.165) is 5.39 Å². The lowest BCUT2D eigenvalue weighted by molar-refractivity contribution is 0.394. The third-order valence-electron chi connectivity index (χ3n) is 2.91. The molecule has 5 heteroatoms. The molecule has 5 nitrogen and oxygen atoms in total. The molecule has 1 aromatic heterocycles. The minimum absolute atomic E-state index is 0.150. The van der Waals surface area contributed by atoms with Crippen molar-refractivity contribution in [1.29, 1.82) is 0 Å². The van der Waals surface area contributed by atoms with E-state index >= 15 is 0 Å². The molecular weight excluding hydrogens is 234 g/mol. The summed E-state index contributed by atoms with van der Waals surface area (Å²) in [6.07, 6.45) is 0. The molecule has 0 unspecified atom stereocenters. The molecule has 1 heterocycles. The van der Waals surface area contributed by atoms with Crippen LogP contribution in [0.1, 0.15) is 0 Å². The van der Waals surface area contributed by atoms with Crippen molar-refractivity contribution in [2.75, 3.05) is 21.3 Å². The van der Waals surface area contributed by atoms with E-state index in [2.05, 4.69) is 0 Å². The number of hydrogen-bond donors (Lipinski definition) is 0. The smallest absolute Gasteiger partial charge is 0.254 e. The molecule has 0 aliphatic heterocycles. The number of pyridine rings is 1. The van der Waals surface area contributed by atoms with Gasteiger partial charge in [0.1, 0.15) is 17.2 Å². The number of methoxy groups -OCH3 is 3. The number of hydrogen-bond acceptors (Lipinski definition) is 4. The number of rotatable bonds is 3. The van der Waals surface area contributed by atoms with Gasteiger partial charge in [-0.25, -0.2) is 0 Å². The van der Waals surface area contributed by atoms with Gasteiger partial charge in [0, 0.05) is 24.6 Å². The van der Waals surface area contributed by atoms with Crippen LogP contribution < -0.4 is 19.8 Å². The van der Waals surface area contributed by atoms with E-state index in [1.807, 2.05) is 6.07 Å². The maximum atomic E-state index is 11.8. The topological polar surface area (TPSA) is 49.7 Å². The molecule has 96 valence electrons. The summed E-state index contributed by atoms with van der Waals surface area (Å²) in [5.74, 6) is 1.73. The zero-order chi connectivity index (χ0) is 13.3. The summed E-state index contributed by atoms with van der Waals surface area (Å²) in [4.78, 5) is 11.8. The molecule has 2 aromatic rings. The van der Waals surface area contributed by atoms with Crippen LogP contribution in [0, 0.1) is 0 Å². The van der Waals surface area contributed by atoms with Crippen LogP contribution in [0.2, 0.25) is 0 Å². The molecule has 1 aromatic carbocycles. The van der Waals surface area contributed by atoms with Crippen LogP contribution in [0.25, 0.3) is 10.9 Å². The van der Waals surface area contributed by atoms with E-state index < -0.39 is 0 Å². The molecule has 18 heavy (non-hydrogen) atoms. The summed E-state index contributed by atoms with van der Waals surface area (Å²) in [5.41, 5.74) is 0.533. The Bertz CT molecular complexity index is 645. The quantitative estimate of drug-likeness (QED) is 0.828. The number of nitrogens with zero attached hydrogens (tertiary/aromatic N) is 1. The predicted molar refractivity (Wildman–Crippen MR) is 68.8 cm³/mol. The Morgan fingerprint density at radius 3 is 2.17 bits per heavy atom. The highest BCUT2D eigenvalue weighted by Gasteiger charge is 2.13. The van der Waals surface area contributed by atoms with Crippen molar-refractivity contribution in [3.05, 3.63) is 28.6 Å². The number of ether oxygens (including phenoxy) is 3. The van der Waals surface area contributed by atoms with Crippen molar-refractivity contribution in [3.63, 3.8) is 0 Å². The lowest BCUT2D eigenvalue weighted by atomic mass is 10.1. The molecule has 2 rings (SSSR count). The Labute approximate surface area is 105 Å². The molecule has 0 saturated carbocycles. The van der Waals surface area contributed by atoms with Crippen LogP contribution in [0.4, 0.5) is 0 Å². The molecule has 0 aliphatic rings. The average Bonchev–Trinajstić information content (AvgIpc) is 2.41. The lowest BCUT2D eigenvalue weighted by Gasteiger charge is -2.14. The summed E-state index contributed by atoms with van der Waals surface area (Å²) in [7, 11) is 6.35. The van der Waals surface area contributed by atoms with Gasteiger partial charge >= 0.3 is 0 Å². The van der Waals surface area contributed by atoms with Gasteiger partial charge in [-0.2, -0.15) is 0 Å². The first-order valence-electron chi connectivity index (χ1n) is 5.42. The zero-order valence-electron chi connectivity index (χ0n) is 10.8. The highest BCUT2D eigenvalue weighted by Crippen LogP contribution is 2.34. The van der Waals surface area contributed by atoms with Gasteiger partial charge in [0.25, 0.3) is 5.56 Å². The molecular formula is C13H15NO4. The maximum absolute atomic E-state index is 11.8. The molecule has 0 saturated heterocycles. The third kappa shape index (κ3) is 1.77. The fraction of sp³-hybridized carbons (Fsp3) is 0.308. The lowest BCUT2D eigenvalue weighted by Crippen LogP contribution is -2.16. The van der Waals surface area contributed by atoms with E-state index in [9.17, 15) is 4.79 Å². The van der Waals surface area contributed by atoms with Crippen molar-refractivity contribution in [1.82, 2.24) is 4.57 Å². The Hall–Kier alpha value is -2.17. The highest BCUT2D eigenvalue weighted by molar-refractivity contribution is 5.91. The molecule has 0 N–H and O–H groups in total. The van der Waals surface area contributed by atoms with Gasteiger partial charge in [-0.05, 0) is 6.07 Å². The second-order valence-electron chi connectivity index (χ2n) is 3.84. The van der Waals surface area contributed by atoms with Gasteiger partial charge in [-0.3, -0.25) is 4.79 Å². The highest BCUT2D eigenvalue weighted by atomic mass is 16.5. The standard InChI is InChI=1S/C13H15NO4/c1-14-12(15)7-10(17-3)9-5-8(16-2)6-11(18-4)13(9)14/h5-7H,1-4H3. The summed E-state index contributed by atoms with van der Waals surface area (Å²) in [6, 6.07) is 5.00. The molecule has 0 aliphatic carbocycles. The van der Waals surface area contributed by atoms with E-state index in [-0.39, 0.29) is 5.56 Å². The summed E-state index contributed by atoms with van der Waals surface area (Å²) in [5, 5.41) is 0.774. The number of aryl methyl sites for hydroxylation is 1. The Balaban J connectivity index is 2.97. The van der Waals surface area contributed by atoms with E-state index in [4.69, 9.17) is 14.2 Å².